The number of amides is 2. The van der Waals surface area contributed by atoms with Gasteiger partial charge in [0.15, 0.2) is 0 Å². The van der Waals surface area contributed by atoms with Crippen molar-refractivity contribution in [3.8, 4) is 5.75 Å². The molecule has 2 aliphatic rings. The highest BCUT2D eigenvalue weighted by molar-refractivity contribution is 6.15. The van der Waals surface area contributed by atoms with Crippen LogP contribution in [0.2, 0.25) is 0 Å². The Morgan fingerprint density at radius 1 is 0.966 bits per heavy atom. The second-order valence-corrected chi connectivity index (χ2v) is 7.12. The van der Waals surface area contributed by atoms with Crippen molar-refractivity contribution in [2.75, 3.05) is 6.54 Å². The Balaban J connectivity index is 1.60. The minimum absolute atomic E-state index is 0.0690. The van der Waals surface area contributed by atoms with Crippen LogP contribution >= 0.6 is 0 Å². The number of carbonyl (C=O) groups is 3. The van der Waals surface area contributed by atoms with Gasteiger partial charge in [-0.1, -0.05) is 0 Å². The molecule has 1 aliphatic heterocycles. The molecule has 0 aromatic heterocycles. The molecule has 0 spiro atoms. The molecule has 29 heavy (non-hydrogen) atoms. The number of benzene rings is 1. The predicted octanol–water partition coefficient (Wildman–Crippen LogP) is 3.41. The number of ether oxygens (including phenoxy) is 1. The number of halogens is 5. The van der Waals surface area contributed by atoms with Gasteiger partial charge in [-0.15, -0.1) is 0 Å². The van der Waals surface area contributed by atoms with Gasteiger partial charge in [0.2, 0.25) is 34.8 Å². The summed E-state index contributed by atoms with van der Waals surface area (Å²) in [4.78, 5) is 37.0. The zero-order valence-corrected chi connectivity index (χ0v) is 15.2. The van der Waals surface area contributed by atoms with E-state index in [0.717, 1.165) is 4.90 Å². The number of esters is 1. The molecular weight excluding hydrogens is 401 g/mol. The lowest BCUT2D eigenvalue weighted by Gasteiger charge is -2.29. The average Bonchev–Trinajstić information content (AvgIpc) is 2.94. The zero-order chi connectivity index (χ0) is 21.5. The second kappa shape index (κ2) is 7.92. The lowest BCUT2D eigenvalue weighted by atomic mass is 9.82. The zero-order valence-electron chi connectivity index (χ0n) is 15.2. The van der Waals surface area contributed by atoms with Crippen molar-refractivity contribution in [3.63, 3.8) is 0 Å². The molecule has 156 valence electrons. The quantitative estimate of drug-likeness (QED) is 0.188. The third-order valence-corrected chi connectivity index (χ3v) is 5.18. The highest BCUT2D eigenvalue weighted by Gasteiger charge is 2.35. The van der Waals surface area contributed by atoms with Crippen LogP contribution in [0.15, 0.2) is 11.6 Å². The highest BCUT2D eigenvalue weighted by Crippen LogP contribution is 2.34. The van der Waals surface area contributed by atoms with Crippen molar-refractivity contribution < 1.29 is 41.1 Å². The van der Waals surface area contributed by atoms with Crippen molar-refractivity contribution in [1.29, 1.82) is 0 Å². The van der Waals surface area contributed by atoms with Gasteiger partial charge in [0.25, 0.3) is 11.8 Å². The molecule has 1 aliphatic carbocycles. The van der Waals surface area contributed by atoms with Gasteiger partial charge in [-0.2, -0.15) is 8.78 Å². The first-order valence-electron chi connectivity index (χ1n) is 8.89. The minimum atomic E-state index is -2.34. The number of hydrogen-bond acceptors (Lipinski definition) is 4. The van der Waals surface area contributed by atoms with Gasteiger partial charge in [-0.05, 0) is 38.5 Å². The molecule has 0 unspecified atom stereocenters. The van der Waals surface area contributed by atoms with Crippen LogP contribution in [0.25, 0.3) is 0 Å². The van der Waals surface area contributed by atoms with E-state index >= 15 is 0 Å². The lowest BCUT2D eigenvalue weighted by Crippen LogP contribution is -2.37. The fourth-order valence-electron chi connectivity index (χ4n) is 3.51. The van der Waals surface area contributed by atoms with E-state index in [4.69, 9.17) is 0 Å². The third kappa shape index (κ3) is 3.88. The van der Waals surface area contributed by atoms with Crippen LogP contribution in [-0.2, 0) is 14.4 Å². The Labute approximate surface area is 162 Å². The van der Waals surface area contributed by atoms with Crippen LogP contribution in [0.1, 0.15) is 32.6 Å². The molecule has 2 amide bonds. The van der Waals surface area contributed by atoms with E-state index in [9.17, 15) is 36.3 Å². The molecule has 0 atom stereocenters. The summed E-state index contributed by atoms with van der Waals surface area (Å²) >= 11 is 0. The van der Waals surface area contributed by atoms with Gasteiger partial charge < -0.3 is 4.74 Å². The summed E-state index contributed by atoms with van der Waals surface area (Å²) in [6.07, 6.45) is 2.54. The third-order valence-electron chi connectivity index (χ3n) is 5.18. The molecule has 1 fully saturated rings. The largest absolute Gasteiger partial charge is 0.420 e. The normalized spacial score (nSPS) is 22.1. The molecule has 10 heteroatoms. The minimum Gasteiger partial charge on any atom is -0.420 e. The topological polar surface area (TPSA) is 63.7 Å². The summed E-state index contributed by atoms with van der Waals surface area (Å²) in [6, 6.07) is 0. The number of nitrogens with zero attached hydrogens (tertiary/aromatic N) is 1. The molecule has 0 bridgehead atoms. The number of imide groups is 1. The van der Waals surface area contributed by atoms with Gasteiger partial charge >= 0.3 is 5.97 Å². The van der Waals surface area contributed by atoms with Crippen LogP contribution in [0.3, 0.4) is 0 Å². The maximum absolute atomic E-state index is 13.7. The summed E-state index contributed by atoms with van der Waals surface area (Å²) in [5, 5.41) is 0. The first kappa shape index (κ1) is 20.9. The van der Waals surface area contributed by atoms with Gasteiger partial charge in [0, 0.05) is 18.2 Å². The molecule has 1 heterocycles. The summed E-state index contributed by atoms with van der Waals surface area (Å²) in [7, 11) is 0. The van der Waals surface area contributed by atoms with E-state index in [-0.39, 0.29) is 31.2 Å². The summed E-state index contributed by atoms with van der Waals surface area (Å²) in [5.74, 6) is -15.5. The van der Waals surface area contributed by atoms with Crippen molar-refractivity contribution in [2.24, 2.45) is 11.8 Å². The van der Waals surface area contributed by atoms with E-state index in [1.165, 1.54) is 13.0 Å². The molecule has 3 rings (SSSR count). The van der Waals surface area contributed by atoms with E-state index in [0.29, 0.717) is 18.4 Å². The van der Waals surface area contributed by atoms with E-state index in [1.807, 2.05) is 0 Å². The molecule has 1 aromatic carbocycles. The molecule has 0 saturated heterocycles. The fourth-order valence-corrected chi connectivity index (χ4v) is 3.51. The molecular formula is C19H16F5NO4. The summed E-state index contributed by atoms with van der Waals surface area (Å²) < 4.78 is 71.3. The Kier molecular flexibility index (Phi) is 5.72. The highest BCUT2D eigenvalue weighted by atomic mass is 19.2. The van der Waals surface area contributed by atoms with Crippen LogP contribution in [0.5, 0.6) is 5.75 Å². The maximum atomic E-state index is 13.7. The number of carbonyl (C=O) groups excluding carboxylic acids is 3. The average molecular weight is 417 g/mol. The van der Waals surface area contributed by atoms with Gasteiger partial charge in [-0.3, -0.25) is 19.3 Å². The second-order valence-electron chi connectivity index (χ2n) is 7.12. The Morgan fingerprint density at radius 2 is 1.48 bits per heavy atom. The van der Waals surface area contributed by atoms with Gasteiger partial charge in [0.1, 0.15) is 0 Å². The lowest BCUT2D eigenvalue weighted by molar-refractivity contribution is -0.142. The number of hydrogen-bond donors (Lipinski definition) is 0. The van der Waals surface area contributed by atoms with Crippen molar-refractivity contribution in [2.45, 2.75) is 32.6 Å². The Morgan fingerprint density at radius 3 is 1.97 bits per heavy atom. The summed E-state index contributed by atoms with van der Waals surface area (Å²) in [5.41, 5.74) is 0.343. The first-order chi connectivity index (χ1) is 13.6. The fraction of sp³-hybridized carbons (Fsp3) is 0.421. The Bertz CT molecular complexity index is 893. The van der Waals surface area contributed by atoms with E-state index in [1.54, 1.807) is 0 Å². The molecule has 0 N–H and O–H groups in total. The van der Waals surface area contributed by atoms with E-state index < -0.39 is 52.6 Å². The first-order valence-corrected chi connectivity index (χ1v) is 8.89. The monoisotopic (exact) mass is 417 g/mol. The smallest absolute Gasteiger partial charge is 0.314 e. The molecule has 1 saturated carbocycles. The van der Waals surface area contributed by atoms with Crippen LogP contribution < -0.4 is 4.74 Å². The van der Waals surface area contributed by atoms with Crippen molar-refractivity contribution in [1.82, 2.24) is 4.90 Å². The SMILES string of the molecule is CC1=CC(=O)N(CC2CCC(C(=O)Oc3c(F)c(F)c(F)c(F)c3F)CC2)C1=O. The molecule has 5 nitrogen and oxygen atoms in total. The van der Waals surface area contributed by atoms with Crippen molar-refractivity contribution >= 4 is 17.8 Å². The van der Waals surface area contributed by atoms with Crippen LogP contribution in [0, 0.1) is 40.9 Å². The Hall–Kier alpha value is -2.78. The predicted molar refractivity (Wildman–Crippen MR) is 87.8 cm³/mol. The number of rotatable bonds is 4. The maximum Gasteiger partial charge on any atom is 0.314 e. The van der Waals surface area contributed by atoms with Crippen molar-refractivity contribution in [3.05, 3.63) is 40.7 Å². The van der Waals surface area contributed by atoms with Crippen LogP contribution in [-0.4, -0.2) is 29.2 Å². The summed E-state index contributed by atoms with van der Waals surface area (Å²) in [6.45, 7) is 1.72. The van der Waals surface area contributed by atoms with Gasteiger partial charge in [0.05, 0.1) is 5.92 Å². The standard InChI is InChI=1S/C19H16F5NO4/c1-8-6-11(26)25(18(8)27)7-9-2-4-10(5-3-9)19(28)29-17-15(23)13(21)12(20)14(22)16(17)24/h6,9-10H,2-5,7H2,1H3. The van der Waals surface area contributed by atoms with Crippen LogP contribution in [0.4, 0.5) is 22.0 Å². The van der Waals surface area contributed by atoms with E-state index in [2.05, 4.69) is 4.74 Å². The molecule has 0 radical (unpaired) electrons. The van der Waals surface area contributed by atoms with Gasteiger partial charge in [-0.25, -0.2) is 13.2 Å². The molecule has 1 aromatic rings.